The summed E-state index contributed by atoms with van der Waals surface area (Å²) in [6.45, 7) is 1.96. The zero-order chi connectivity index (χ0) is 24.9. The fourth-order valence-electron chi connectivity index (χ4n) is 4.68. The van der Waals surface area contributed by atoms with Crippen molar-refractivity contribution in [3.63, 3.8) is 0 Å². The van der Waals surface area contributed by atoms with Crippen LogP contribution in [0.5, 0.6) is 0 Å². The number of aromatic amines is 2. The molecule has 10 heteroatoms. The van der Waals surface area contributed by atoms with Gasteiger partial charge >= 0.3 is 0 Å². The van der Waals surface area contributed by atoms with Crippen LogP contribution in [0, 0.1) is 12.8 Å². The first-order chi connectivity index (χ1) is 18.1. The number of H-pyrrole nitrogens is 2. The molecule has 0 atom stereocenters. The molecule has 1 aliphatic carbocycles. The number of hydrogen-bond acceptors (Lipinski definition) is 6. The molecule has 1 aromatic carbocycles. The van der Waals surface area contributed by atoms with Gasteiger partial charge in [-0.25, -0.2) is 15.0 Å². The van der Waals surface area contributed by atoms with Crippen LogP contribution in [-0.4, -0.2) is 45.6 Å². The summed E-state index contributed by atoms with van der Waals surface area (Å²) in [7, 11) is 0. The average Bonchev–Trinajstić information content (AvgIpc) is 3.60. The van der Waals surface area contributed by atoms with Gasteiger partial charge in [-0.05, 0) is 50.1 Å². The molecule has 0 aliphatic heterocycles. The molecule has 6 aromatic rings. The van der Waals surface area contributed by atoms with Crippen molar-refractivity contribution in [2.24, 2.45) is 5.92 Å². The number of carbonyl (C=O) groups is 1. The first kappa shape index (κ1) is 21.4. The molecule has 37 heavy (non-hydrogen) atoms. The lowest BCUT2D eigenvalue weighted by molar-refractivity contribution is -0.122. The predicted molar refractivity (Wildman–Crippen MR) is 140 cm³/mol. The summed E-state index contributed by atoms with van der Waals surface area (Å²) in [5, 5.41) is 10.6. The van der Waals surface area contributed by atoms with Gasteiger partial charge in [0.1, 0.15) is 11.0 Å². The van der Waals surface area contributed by atoms with Crippen molar-refractivity contribution in [3.05, 3.63) is 67.0 Å². The van der Waals surface area contributed by atoms with Crippen LogP contribution in [-0.2, 0) is 4.79 Å². The van der Waals surface area contributed by atoms with Crippen molar-refractivity contribution >= 4 is 33.7 Å². The second-order valence-corrected chi connectivity index (χ2v) is 9.43. The summed E-state index contributed by atoms with van der Waals surface area (Å²) in [6.07, 6.45) is 10.2. The summed E-state index contributed by atoms with van der Waals surface area (Å²) in [5.41, 5.74) is 7.91. The maximum Gasteiger partial charge on any atom is 0.227 e. The highest BCUT2D eigenvalue weighted by molar-refractivity contribution is 5.95. The van der Waals surface area contributed by atoms with Gasteiger partial charge < -0.3 is 14.9 Å². The summed E-state index contributed by atoms with van der Waals surface area (Å²) in [4.78, 5) is 34.2. The number of hydrogen-bond donors (Lipinski definition) is 3. The molecule has 1 saturated carbocycles. The first-order valence-electron chi connectivity index (χ1n) is 12.2. The standard InChI is InChI=1S/C27H23N9O/c1-15-13-36(14-29-15)22-7-3-6-20-23(22)33-26(32-20)25-24-21(34-35-25)9-8-19(31-24)17-10-18(12-28-11-17)30-27(37)16-4-2-5-16/h3,6-14,16H,2,4-5H2,1H3,(H,30,37)(H,32,33)(H,34,35). The highest BCUT2D eigenvalue weighted by Crippen LogP contribution is 2.31. The number of rotatable bonds is 5. The number of carbonyl (C=O) groups excluding carboxylic acids is 1. The Balaban J connectivity index is 1.26. The van der Waals surface area contributed by atoms with Gasteiger partial charge in [0.05, 0.1) is 46.3 Å². The van der Waals surface area contributed by atoms with E-state index in [-0.39, 0.29) is 11.8 Å². The Morgan fingerprint density at radius 1 is 1.08 bits per heavy atom. The van der Waals surface area contributed by atoms with E-state index in [4.69, 9.17) is 9.97 Å². The number of imidazole rings is 2. The molecular weight excluding hydrogens is 466 g/mol. The van der Waals surface area contributed by atoms with Gasteiger partial charge in [0, 0.05) is 23.9 Å². The second kappa shape index (κ2) is 8.37. The first-order valence-corrected chi connectivity index (χ1v) is 12.2. The van der Waals surface area contributed by atoms with E-state index in [1.54, 1.807) is 18.7 Å². The van der Waals surface area contributed by atoms with Crippen molar-refractivity contribution in [1.82, 2.24) is 39.7 Å². The molecule has 0 spiro atoms. The Hall–Kier alpha value is -4.86. The molecule has 5 heterocycles. The van der Waals surface area contributed by atoms with Crippen LogP contribution in [0.1, 0.15) is 25.0 Å². The van der Waals surface area contributed by atoms with E-state index in [2.05, 4.69) is 30.5 Å². The SMILES string of the molecule is Cc1cn(-c2cccc3[nH]c(-c4n[nH]c5ccc(-c6cncc(NC(=O)C7CCC7)c6)nc45)nc23)cn1. The second-order valence-electron chi connectivity index (χ2n) is 9.43. The monoisotopic (exact) mass is 489 g/mol. The molecular formula is C27H23N9O. The molecule has 0 saturated heterocycles. The molecule has 10 nitrogen and oxygen atoms in total. The third kappa shape index (κ3) is 3.74. The van der Waals surface area contributed by atoms with Crippen LogP contribution in [0.15, 0.2) is 61.3 Å². The maximum atomic E-state index is 12.4. The molecule has 1 aliphatic rings. The fourth-order valence-corrected chi connectivity index (χ4v) is 4.68. The number of nitrogens with zero attached hydrogens (tertiary/aromatic N) is 6. The topological polar surface area (TPSA) is 130 Å². The fraction of sp³-hybridized carbons (Fsp3) is 0.185. The maximum absolute atomic E-state index is 12.4. The number of amides is 1. The quantitative estimate of drug-likeness (QED) is 0.319. The number of fused-ring (bicyclic) bond motifs is 2. The normalized spacial score (nSPS) is 13.8. The lowest BCUT2D eigenvalue weighted by atomic mass is 9.85. The van der Waals surface area contributed by atoms with Gasteiger partial charge in [0.2, 0.25) is 5.91 Å². The van der Waals surface area contributed by atoms with Crippen molar-refractivity contribution in [1.29, 1.82) is 0 Å². The minimum absolute atomic E-state index is 0.0563. The van der Waals surface area contributed by atoms with E-state index in [1.165, 1.54) is 0 Å². The van der Waals surface area contributed by atoms with Crippen molar-refractivity contribution < 1.29 is 4.79 Å². The molecule has 0 unspecified atom stereocenters. The largest absolute Gasteiger partial charge is 0.336 e. The van der Waals surface area contributed by atoms with Gasteiger partial charge in [0.15, 0.2) is 11.5 Å². The summed E-state index contributed by atoms with van der Waals surface area (Å²) < 4.78 is 1.96. The summed E-state index contributed by atoms with van der Waals surface area (Å²) in [5.74, 6) is 0.782. The van der Waals surface area contributed by atoms with E-state index < -0.39 is 0 Å². The van der Waals surface area contributed by atoms with E-state index in [0.717, 1.165) is 58.5 Å². The molecule has 1 fully saturated rings. The van der Waals surface area contributed by atoms with Gasteiger partial charge in [-0.1, -0.05) is 12.5 Å². The summed E-state index contributed by atoms with van der Waals surface area (Å²) >= 11 is 0. The van der Waals surface area contributed by atoms with Crippen molar-refractivity contribution in [2.75, 3.05) is 5.32 Å². The number of para-hydroxylation sites is 1. The van der Waals surface area contributed by atoms with Gasteiger partial charge in [-0.2, -0.15) is 5.10 Å². The average molecular weight is 490 g/mol. The van der Waals surface area contributed by atoms with E-state index >= 15 is 0 Å². The number of anilines is 1. The molecule has 7 rings (SSSR count). The number of nitrogens with one attached hydrogen (secondary N) is 3. The van der Waals surface area contributed by atoms with Gasteiger partial charge in [-0.15, -0.1) is 0 Å². The third-order valence-electron chi connectivity index (χ3n) is 6.89. The Morgan fingerprint density at radius 2 is 2.00 bits per heavy atom. The van der Waals surface area contributed by atoms with Crippen LogP contribution in [0.25, 0.3) is 50.5 Å². The highest BCUT2D eigenvalue weighted by atomic mass is 16.1. The molecule has 3 N–H and O–H groups in total. The van der Waals surface area contributed by atoms with E-state index in [9.17, 15) is 4.79 Å². The molecule has 0 bridgehead atoms. The number of pyridine rings is 2. The number of aryl methyl sites for hydroxylation is 1. The molecule has 1 amide bonds. The van der Waals surface area contributed by atoms with Gasteiger partial charge in [0.25, 0.3) is 0 Å². The van der Waals surface area contributed by atoms with Crippen molar-refractivity contribution in [3.8, 4) is 28.5 Å². The summed E-state index contributed by atoms with van der Waals surface area (Å²) in [6, 6.07) is 11.7. The zero-order valence-electron chi connectivity index (χ0n) is 20.1. The predicted octanol–water partition coefficient (Wildman–Crippen LogP) is 4.80. The number of benzene rings is 1. The minimum Gasteiger partial charge on any atom is -0.336 e. The van der Waals surface area contributed by atoms with E-state index in [0.29, 0.717) is 22.7 Å². The molecule has 182 valence electrons. The molecule has 5 aromatic heterocycles. The lowest BCUT2D eigenvalue weighted by Crippen LogP contribution is -2.28. The Labute approximate surface area is 211 Å². The van der Waals surface area contributed by atoms with Crippen LogP contribution < -0.4 is 5.32 Å². The molecule has 0 radical (unpaired) electrons. The Bertz CT molecular complexity index is 1790. The van der Waals surface area contributed by atoms with E-state index in [1.807, 2.05) is 54.1 Å². The Morgan fingerprint density at radius 3 is 2.81 bits per heavy atom. The van der Waals surface area contributed by atoms with Crippen LogP contribution in [0.3, 0.4) is 0 Å². The van der Waals surface area contributed by atoms with Gasteiger partial charge in [-0.3, -0.25) is 14.9 Å². The van der Waals surface area contributed by atoms with Crippen molar-refractivity contribution in [2.45, 2.75) is 26.2 Å². The Kier molecular flexibility index (Phi) is 4.85. The van der Waals surface area contributed by atoms with Crippen LogP contribution in [0.2, 0.25) is 0 Å². The smallest absolute Gasteiger partial charge is 0.227 e. The third-order valence-corrected chi connectivity index (χ3v) is 6.89. The van der Waals surface area contributed by atoms with Crippen LogP contribution in [0.4, 0.5) is 5.69 Å². The minimum atomic E-state index is 0.0563. The lowest BCUT2D eigenvalue weighted by Gasteiger charge is -2.24. The number of aromatic nitrogens is 8. The zero-order valence-corrected chi connectivity index (χ0v) is 20.1. The van der Waals surface area contributed by atoms with Crippen LogP contribution >= 0.6 is 0 Å². The highest BCUT2D eigenvalue weighted by Gasteiger charge is 2.25.